The van der Waals surface area contributed by atoms with Gasteiger partial charge in [0.2, 0.25) is 11.8 Å². The van der Waals surface area contributed by atoms with Crippen molar-refractivity contribution in [1.29, 1.82) is 0 Å². The first kappa shape index (κ1) is 20.3. The molecule has 0 aromatic carbocycles. The first-order chi connectivity index (χ1) is 14.0. The summed E-state index contributed by atoms with van der Waals surface area (Å²) in [4.78, 5) is 13.9. The molecule has 0 aliphatic heterocycles. The Balaban J connectivity index is 1.66. The van der Waals surface area contributed by atoms with E-state index in [2.05, 4.69) is 15.3 Å². The number of methoxy groups -OCH3 is 1. The van der Waals surface area contributed by atoms with Gasteiger partial charge in [-0.05, 0) is 38.5 Å². The van der Waals surface area contributed by atoms with Crippen molar-refractivity contribution in [3.63, 3.8) is 0 Å². The lowest BCUT2D eigenvalue weighted by Gasteiger charge is -2.31. The van der Waals surface area contributed by atoms with Gasteiger partial charge in [0.1, 0.15) is 6.10 Å². The summed E-state index contributed by atoms with van der Waals surface area (Å²) in [5, 5.41) is 23.5. The number of aliphatic hydroxyl groups is 2. The lowest BCUT2D eigenvalue weighted by molar-refractivity contribution is -0.0120. The number of nitrogens with one attached hydrogen (secondary N) is 1. The van der Waals surface area contributed by atoms with E-state index >= 15 is 0 Å². The highest BCUT2D eigenvalue weighted by molar-refractivity contribution is 5.86. The summed E-state index contributed by atoms with van der Waals surface area (Å²) < 4.78 is 11.2. The SMILES string of the molecule is COC[C@H](C)Nc1ncc2c(OC3CC(O)C3)ncc(C3CCC(O)CC3)c2n1. The van der Waals surface area contributed by atoms with Crippen molar-refractivity contribution in [2.75, 3.05) is 19.0 Å². The molecule has 2 aliphatic carbocycles. The van der Waals surface area contributed by atoms with E-state index < -0.39 is 0 Å². The Morgan fingerprint density at radius 3 is 2.55 bits per heavy atom. The van der Waals surface area contributed by atoms with E-state index in [9.17, 15) is 10.2 Å². The predicted octanol–water partition coefficient (Wildman–Crippen LogP) is 2.39. The van der Waals surface area contributed by atoms with Crippen molar-refractivity contribution in [1.82, 2.24) is 15.0 Å². The highest BCUT2D eigenvalue weighted by atomic mass is 16.5. The highest BCUT2D eigenvalue weighted by Crippen LogP contribution is 2.38. The second-order valence-corrected chi connectivity index (χ2v) is 8.35. The first-order valence-electron chi connectivity index (χ1n) is 10.5. The summed E-state index contributed by atoms with van der Waals surface area (Å²) in [5.74, 6) is 1.38. The molecule has 8 heteroatoms. The minimum atomic E-state index is -0.284. The smallest absolute Gasteiger partial charge is 0.224 e. The van der Waals surface area contributed by atoms with E-state index in [0.29, 0.717) is 37.2 Å². The van der Waals surface area contributed by atoms with Crippen LogP contribution >= 0.6 is 0 Å². The Hall–Kier alpha value is -2.03. The van der Waals surface area contributed by atoms with Gasteiger partial charge in [0.05, 0.1) is 29.7 Å². The van der Waals surface area contributed by atoms with Gasteiger partial charge in [0.25, 0.3) is 0 Å². The molecular weight excluding hydrogens is 372 g/mol. The van der Waals surface area contributed by atoms with Crippen LogP contribution in [-0.4, -0.2) is 63.2 Å². The zero-order valence-corrected chi connectivity index (χ0v) is 17.0. The molecule has 0 saturated heterocycles. The number of nitrogens with zero attached hydrogens (tertiary/aromatic N) is 3. The average molecular weight is 402 g/mol. The molecule has 0 spiro atoms. The van der Waals surface area contributed by atoms with Gasteiger partial charge in [-0.2, -0.15) is 0 Å². The third kappa shape index (κ3) is 4.60. The second-order valence-electron chi connectivity index (χ2n) is 8.35. The monoisotopic (exact) mass is 402 g/mol. The van der Waals surface area contributed by atoms with Gasteiger partial charge >= 0.3 is 0 Å². The zero-order valence-electron chi connectivity index (χ0n) is 17.0. The Kier molecular flexibility index (Phi) is 6.12. The number of rotatable bonds is 7. The summed E-state index contributed by atoms with van der Waals surface area (Å²) >= 11 is 0. The summed E-state index contributed by atoms with van der Waals surface area (Å²) in [5.41, 5.74) is 1.93. The van der Waals surface area contributed by atoms with Crippen LogP contribution in [0.3, 0.4) is 0 Å². The van der Waals surface area contributed by atoms with Crippen LogP contribution in [0, 0.1) is 0 Å². The summed E-state index contributed by atoms with van der Waals surface area (Å²) in [6.45, 7) is 2.58. The number of anilines is 1. The van der Waals surface area contributed by atoms with Crippen molar-refractivity contribution < 1.29 is 19.7 Å². The largest absolute Gasteiger partial charge is 0.474 e. The minimum absolute atomic E-state index is 0.0177. The lowest BCUT2D eigenvalue weighted by Crippen LogP contribution is -2.37. The maximum atomic E-state index is 9.88. The fourth-order valence-corrected chi connectivity index (χ4v) is 4.17. The minimum Gasteiger partial charge on any atom is -0.474 e. The molecule has 2 aromatic rings. The molecule has 0 amide bonds. The Bertz CT molecular complexity index is 835. The fraction of sp³-hybridized carbons (Fsp3) is 0.667. The van der Waals surface area contributed by atoms with E-state index in [1.165, 1.54) is 0 Å². The van der Waals surface area contributed by atoms with E-state index in [-0.39, 0.29) is 24.4 Å². The number of hydrogen-bond acceptors (Lipinski definition) is 8. The molecule has 0 radical (unpaired) electrons. The number of pyridine rings is 1. The highest BCUT2D eigenvalue weighted by Gasteiger charge is 2.31. The third-order valence-corrected chi connectivity index (χ3v) is 5.89. The van der Waals surface area contributed by atoms with Gasteiger partial charge in [-0.3, -0.25) is 0 Å². The zero-order chi connectivity index (χ0) is 20.4. The standard InChI is InChI=1S/C21H30N4O4/c1-12(11-28-2)24-21-23-10-18-19(25-21)17(13-3-5-14(26)6-4-13)9-22-20(18)29-16-7-15(27)8-16/h9-10,12-16,26-27H,3-8,11H2,1-2H3,(H,23,24,25)/t12-,13?,14?,15?,16?/m0/s1. The van der Waals surface area contributed by atoms with E-state index in [1.807, 2.05) is 13.1 Å². The molecule has 3 N–H and O–H groups in total. The number of fused-ring (bicyclic) bond motifs is 1. The number of ether oxygens (including phenoxy) is 2. The third-order valence-electron chi connectivity index (χ3n) is 5.89. The molecule has 1 atom stereocenters. The first-order valence-corrected chi connectivity index (χ1v) is 10.5. The maximum absolute atomic E-state index is 9.88. The van der Waals surface area contributed by atoms with Crippen molar-refractivity contribution in [3.05, 3.63) is 18.0 Å². The molecular formula is C21H30N4O4. The van der Waals surface area contributed by atoms with E-state index in [1.54, 1.807) is 13.3 Å². The van der Waals surface area contributed by atoms with Crippen molar-refractivity contribution in [2.24, 2.45) is 0 Å². The lowest BCUT2D eigenvalue weighted by atomic mass is 9.83. The molecule has 2 aromatic heterocycles. The van der Waals surface area contributed by atoms with Crippen molar-refractivity contribution in [2.45, 2.75) is 75.7 Å². The molecule has 2 aliphatic rings. The van der Waals surface area contributed by atoms with Gasteiger partial charge in [0, 0.05) is 44.0 Å². The Morgan fingerprint density at radius 1 is 1.10 bits per heavy atom. The molecule has 29 heavy (non-hydrogen) atoms. The predicted molar refractivity (Wildman–Crippen MR) is 109 cm³/mol. The summed E-state index contributed by atoms with van der Waals surface area (Å²) in [6, 6.07) is 0.0831. The molecule has 158 valence electrons. The summed E-state index contributed by atoms with van der Waals surface area (Å²) in [7, 11) is 1.67. The average Bonchev–Trinajstić information content (AvgIpc) is 2.68. The van der Waals surface area contributed by atoms with Crippen LogP contribution in [-0.2, 0) is 4.74 Å². The van der Waals surface area contributed by atoms with Gasteiger partial charge in [0.15, 0.2) is 0 Å². The van der Waals surface area contributed by atoms with Crippen LogP contribution in [0.25, 0.3) is 10.9 Å². The van der Waals surface area contributed by atoms with Crippen molar-refractivity contribution in [3.8, 4) is 5.88 Å². The maximum Gasteiger partial charge on any atom is 0.224 e. The number of aromatic nitrogens is 3. The van der Waals surface area contributed by atoms with Crippen LogP contribution in [0.1, 0.15) is 56.9 Å². The number of aliphatic hydroxyl groups excluding tert-OH is 2. The molecule has 2 saturated carbocycles. The second kappa shape index (κ2) is 8.77. The van der Waals surface area contributed by atoms with E-state index in [4.69, 9.17) is 14.5 Å². The summed E-state index contributed by atoms with van der Waals surface area (Å²) in [6.07, 6.45) is 7.80. The molecule has 0 unspecified atom stereocenters. The molecule has 0 bridgehead atoms. The van der Waals surface area contributed by atoms with Crippen LogP contribution in [0.15, 0.2) is 12.4 Å². The van der Waals surface area contributed by atoms with Gasteiger partial charge in [-0.1, -0.05) is 0 Å². The van der Waals surface area contributed by atoms with Gasteiger partial charge in [-0.25, -0.2) is 15.0 Å². The Labute approximate surface area is 170 Å². The van der Waals surface area contributed by atoms with Crippen LogP contribution < -0.4 is 10.1 Å². The normalized spacial score (nSPS) is 28.0. The number of hydrogen-bond donors (Lipinski definition) is 3. The van der Waals surface area contributed by atoms with Crippen LogP contribution in [0.2, 0.25) is 0 Å². The molecule has 2 heterocycles. The van der Waals surface area contributed by atoms with Gasteiger partial charge < -0.3 is 25.0 Å². The quantitative estimate of drug-likeness (QED) is 0.648. The van der Waals surface area contributed by atoms with E-state index in [0.717, 1.165) is 42.1 Å². The topological polar surface area (TPSA) is 110 Å². The fourth-order valence-electron chi connectivity index (χ4n) is 4.17. The Morgan fingerprint density at radius 2 is 1.86 bits per heavy atom. The van der Waals surface area contributed by atoms with Crippen LogP contribution in [0.4, 0.5) is 5.95 Å². The molecule has 4 rings (SSSR count). The molecule has 2 fully saturated rings. The van der Waals surface area contributed by atoms with Crippen LogP contribution in [0.5, 0.6) is 5.88 Å². The molecule has 8 nitrogen and oxygen atoms in total. The van der Waals surface area contributed by atoms with Crippen molar-refractivity contribution >= 4 is 16.9 Å². The van der Waals surface area contributed by atoms with Gasteiger partial charge in [-0.15, -0.1) is 0 Å².